The molecule has 3 amide bonds. The Labute approximate surface area is 280 Å². The molecule has 2 fully saturated rings. The quantitative estimate of drug-likeness (QED) is 0.193. The van der Waals surface area contributed by atoms with E-state index in [0.29, 0.717) is 44.2 Å². The molecule has 3 N–H and O–H groups in total. The summed E-state index contributed by atoms with van der Waals surface area (Å²) >= 11 is 0. The molecule has 0 bridgehead atoms. The summed E-state index contributed by atoms with van der Waals surface area (Å²) in [6.45, 7) is 9.16. The fourth-order valence-electron chi connectivity index (χ4n) is 5.57. The topological polar surface area (TPSA) is 168 Å². The summed E-state index contributed by atoms with van der Waals surface area (Å²) in [5.41, 5.74) is 0.478. The number of carbonyl (C=O) groups excluding carboxylic acids is 4. The predicted octanol–water partition coefficient (Wildman–Crippen LogP) is 1.86. The van der Waals surface area contributed by atoms with E-state index in [1.54, 1.807) is 37.4 Å². The minimum Gasteiger partial charge on any atom is -0.379 e. The van der Waals surface area contributed by atoms with Crippen molar-refractivity contribution in [2.24, 2.45) is 5.92 Å². The minimum absolute atomic E-state index is 0.0292. The van der Waals surface area contributed by atoms with Gasteiger partial charge in [0, 0.05) is 43.9 Å². The van der Waals surface area contributed by atoms with E-state index < -0.39 is 41.4 Å². The number of nitrogens with one attached hydrogen (secondary N) is 3. The van der Waals surface area contributed by atoms with Gasteiger partial charge in [0.25, 0.3) is 5.91 Å². The molecule has 2 aliphatic heterocycles. The average Bonchev–Trinajstić information content (AvgIpc) is 3.66. The van der Waals surface area contributed by atoms with Crippen molar-refractivity contribution in [3.8, 4) is 0 Å². The number of carbonyl (C=O) groups is 4. The van der Waals surface area contributed by atoms with Crippen LogP contribution in [0.5, 0.6) is 0 Å². The van der Waals surface area contributed by atoms with E-state index >= 15 is 0 Å². The summed E-state index contributed by atoms with van der Waals surface area (Å²) in [7, 11) is 0. The number of Topliss-reactive ketones (excluding diaryl/α,β-unsaturated/α-hetero) is 1. The number of hydrogen-bond donors (Lipinski definition) is 3. The summed E-state index contributed by atoms with van der Waals surface area (Å²) in [6, 6.07) is 13.2. The number of morpholine rings is 1. The van der Waals surface area contributed by atoms with Crippen LogP contribution in [0.2, 0.25) is 0 Å². The first kappa shape index (κ1) is 34.9. The van der Waals surface area contributed by atoms with Gasteiger partial charge in [-0.05, 0) is 37.0 Å². The smallest absolute Gasteiger partial charge is 0.274 e. The Bertz CT molecular complexity index is 1540. The second-order valence-corrected chi connectivity index (χ2v) is 12.9. The minimum atomic E-state index is -1.11. The van der Waals surface area contributed by atoms with Gasteiger partial charge in [0.2, 0.25) is 11.8 Å². The van der Waals surface area contributed by atoms with Crippen LogP contribution in [0.25, 0.3) is 0 Å². The van der Waals surface area contributed by atoms with Crippen LogP contribution in [-0.4, -0.2) is 95.2 Å². The zero-order chi connectivity index (χ0) is 34.1. The zero-order valence-corrected chi connectivity index (χ0v) is 27.6. The largest absolute Gasteiger partial charge is 0.379 e. The standard InChI is InChI=1S/C35H44N6O7/c1-23(2)17-27(31(42)35(3)22-47-35)37-32(43)28(18-24-9-5-4-6-10-24)38-33(44)29(19-25-11-7-8-12-36-25)39-34(45)30-20-26(48-40-30)21-41-13-15-46-16-14-41/h4-12,20,23,27-29H,13-19,21-22H2,1-3H3,(H,37,43)(H,38,44)(H,39,45)/t27?,28-,29?,35+/m0/s1. The third kappa shape index (κ3) is 9.78. The SMILES string of the molecule is CC(C)CC(NC(=O)[C@H](Cc1ccccc1)NC(=O)C(Cc1ccccn1)NC(=O)c1cc(CN2CCOCC2)on1)C(=O)[C@@]1(C)CO1. The van der Waals surface area contributed by atoms with Crippen molar-refractivity contribution in [2.75, 3.05) is 32.9 Å². The number of nitrogens with zero attached hydrogens (tertiary/aromatic N) is 3. The molecular weight excluding hydrogens is 616 g/mol. The molecule has 0 saturated carbocycles. The molecule has 0 aliphatic carbocycles. The van der Waals surface area contributed by atoms with Gasteiger partial charge in [0.05, 0.1) is 32.4 Å². The molecule has 1 aromatic carbocycles. The molecule has 4 atom stereocenters. The number of rotatable bonds is 16. The number of aromatic nitrogens is 2. The highest BCUT2D eigenvalue weighted by Gasteiger charge is 2.50. The van der Waals surface area contributed by atoms with Crippen LogP contribution >= 0.6 is 0 Å². The maximum atomic E-state index is 14.0. The first-order valence-corrected chi connectivity index (χ1v) is 16.4. The van der Waals surface area contributed by atoms with E-state index in [1.807, 2.05) is 44.2 Å². The second kappa shape index (κ2) is 16.1. The van der Waals surface area contributed by atoms with Crippen molar-refractivity contribution < 1.29 is 33.2 Å². The van der Waals surface area contributed by atoms with Crippen LogP contribution in [0.4, 0.5) is 0 Å². The molecular formula is C35H44N6O7. The zero-order valence-electron chi connectivity index (χ0n) is 27.6. The van der Waals surface area contributed by atoms with Gasteiger partial charge in [-0.25, -0.2) is 0 Å². The van der Waals surface area contributed by atoms with Gasteiger partial charge in [-0.15, -0.1) is 0 Å². The predicted molar refractivity (Wildman–Crippen MR) is 175 cm³/mol. The molecule has 13 heteroatoms. The highest BCUT2D eigenvalue weighted by atomic mass is 16.6. The van der Waals surface area contributed by atoms with Crippen molar-refractivity contribution >= 4 is 23.5 Å². The van der Waals surface area contributed by atoms with Gasteiger partial charge < -0.3 is 29.9 Å². The van der Waals surface area contributed by atoms with E-state index in [1.165, 1.54) is 0 Å². The number of amides is 3. The maximum absolute atomic E-state index is 14.0. The lowest BCUT2D eigenvalue weighted by atomic mass is 9.93. The van der Waals surface area contributed by atoms with Gasteiger partial charge in [-0.3, -0.25) is 29.1 Å². The Morgan fingerprint density at radius 2 is 1.56 bits per heavy atom. The molecule has 2 unspecified atom stereocenters. The van der Waals surface area contributed by atoms with Crippen molar-refractivity contribution in [1.29, 1.82) is 0 Å². The Hall–Kier alpha value is -4.46. The normalized spacial score (nSPS) is 19.6. The average molecular weight is 661 g/mol. The molecule has 3 aromatic rings. The molecule has 2 saturated heterocycles. The van der Waals surface area contributed by atoms with E-state index in [9.17, 15) is 19.2 Å². The molecule has 4 heterocycles. The third-order valence-corrected chi connectivity index (χ3v) is 8.39. The number of benzene rings is 1. The van der Waals surface area contributed by atoms with Gasteiger partial charge in [0.15, 0.2) is 17.2 Å². The van der Waals surface area contributed by atoms with E-state index in [0.717, 1.165) is 18.7 Å². The second-order valence-electron chi connectivity index (χ2n) is 12.9. The third-order valence-electron chi connectivity index (χ3n) is 8.39. The van der Waals surface area contributed by atoms with E-state index in [4.69, 9.17) is 14.0 Å². The van der Waals surface area contributed by atoms with Crippen molar-refractivity contribution in [3.05, 3.63) is 83.5 Å². The summed E-state index contributed by atoms with van der Waals surface area (Å²) in [6.07, 6.45) is 2.23. The number of ketones is 1. The lowest BCUT2D eigenvalue weighted by molar-refractivity contribution is -0.133. The van der Waals surface area contributed by atoms with Crippen LogP contribution in [0.15, 0.2) is 65.3 Å². The first-order chi connectivity index (χ1) is 23.1. The van der Waals surface area contributed by atoms with E-state index in [-0.39, 0.29) is 30.2 Å². The lowest BCUT2D eigenvalue weighted by Gasteiger charge is -2.26. The Morgan fingerprint density at radius 3 is 2.21 bits per heavy atom. The van der Waals surface area contributed by atoms with Gasteiger partial charge >= 0.3 is 0 Å². The first-order valence-electron chi connectivity index (χ1n) is 16.4. The Balaban J connectivity index is 1.33. The van der Waals surface area contributed by atoms with Crippen molar-refractivity contribution in [3.63, 3.8) is 0 Å². The fourth-order valence-corrected chi connectivity index (χ4v) is 5.57. The summed E-state index contributed by atoms with van der Waals surface area (Å²) in [4.78, 5) is 61.0. The summed E-state index contributed by atoms with van der Waals surface area (Å²) < 4.78 is 16.2. The number of epoxide rings is 1. The highest BCUT2D eigenvalue weighted by molar-refractivity contribution is 5.99. The van der Waals surface area contributed by atoms with Crippen molar-refractivity contribution in [1.82, 2.24) is 31.0 Å². The Kier molecular flexibility index (Phi) is 11.7. The van der Waals surface area contributed by atoms with Crippen LogP contribution in [-0.2, 0) is 43.2 Å². The van der Waals surface area contributed by atoms with Crippen molar-refractivity contribution in [2.45, 2.75) is 70.3 Å². The molecule has 2 aromatic heterocycles. The highest BCUT2D eigenvalue weighted by Crippen LogP contribution is 2.29. The molecule has 0 radical (unpaired) electrons. The molecule has 0 spiro atoms. The van der Waals surface area contributed by atoms with Crippen LogP contribution in [0.3, 0.4) is 0 Å². The fraction of sp³-hybridized carbons (Fsp3) is 0.486. The molecule has 256 valence electrons. The van der Waals surface area contributed by atoms with Gasteiger partial charge in [0.1, 0.15) is 17.7 Å². The number of pyridine rings is 1. The monoisotopic (exact) mass is 660 g/mol. The van der Waals surface area contributed by atoms with Gasteiger partial charge in [-0.2, -0.15) is 0 Å². The summed E-state index contributed by atoms with van der Waals surface area (Å²) in [5.74, 6) is -1.27. The van der Waals surface area contributed by atoms with Crippen LogP contribution in [0.1, 0.15) is 54.7 Å². The van der Waals surface area contributed by atoms with E-state index in [2.05, 4.69) is 31.0 Å². The summed E-state index contributed by atoms with van der Waals surface area (Å²) in [5, 5.41) is 12.5. The van der Waals surface area contributed by atoms with Gasteiger partial charge in [-0.1, -0.05) is 55.4 Å². The number of ether oxygens (including phenoxy) is 2. The molecule has 5 rings (SSSR count). The number of hydrogen-bond acceptors (Lipinski definition) is 10. The lowest BCUT2D eigenvalue weighted by Crippen LogP contribution is -2.57. The molecule has 13 nitrogen and oxygen atoms in total. The van der Waals surface area contributed by atoms with Crippen LogP contribution in [0, 0.1) is 5.92 Å². The molecule has 2 aliphatic rings. The Morgan fingerprint density at radius 1 is 0.896 bits per heavy atom. The maximum Gasteiger partial charge on any atom is 0.274 e. The molecule has 48 heavy (non-hydrogen) atoms. The van der Waals surface area contributed by atoms with Crippen LogP contribution < -0.4 is 16.0 Å².